The number of aliphatic carboxylic acids is 1. The lowest BCUT2D eigenvalue weighted by Crippen LogP contribution is -2.47. The maximum absolute atomic E-state index is 12.1. The summed E-state index contributed by atoms with van der Waals surface area (Å²) in [4.78, 5) is 24.6. The summed E-state index contributed by atoms with van der Waals surface area (Å²) in [6.45, 7) is 1.30. The van der Waals surface area contributed by atoms with E-state index in [9.17, 15) is 9.59 Å². The molecule has 1 aromatic carbocycles. The van der Waals surface area contributed by atoms with Gasteiger partial charge in [-0.15, -0.1) is 0 Å². The van der Waals surface area contributed by atoms with Crippen LogP contribution in [0, 0.1) is 5.92 Å². The van der Waals surface area contributed by atoms with E-state index >= 15 is 0 Å². The molecule has 0 aromatic heterocycles. The number of nitrogens with zero attached hydrogens (tertiary/aromatic N) is 1. The van der Waals surface area contributed by atoms with E-state index in [-0.39, 0.29) is 12.6 Å². The smallest absolute Gasteiger partial charge is 0.317 e. The number of hydrogen-bond donors (Lipinski definition) is 2. The first-order valence-electron chi connectivity index (χ1n) is 7.17. The Morgan fingerprint density at radius 2 is 2.14 bits per heavy atom. The van der Waals surface area contributed by atoms with Crippen molar-refractivity contribution in [2.45, 2.75) is 19.3 Å². The molecule has 2 N–H and O–H groups in total. The Hall–Kier alpha value is -1.46. The summed E-state index contributed by atoms with van der Waals surface area (Å²) < 4.78 is 0. The molecule has 2 rings (SSSR count). The predicted molar refractivity (Wildman–Crippen MR) is 85.5 cm³/mol. The average Bonchev–Trinajstić information content (AvgIpc) is 2.49. The van der Waals surface area contributed by atoms with Gasteiger partial charge in [0.25, 0.3) is 0 Å². The van der Waals surface area contributed by atoms with Gasteiger partial charge in [0.2, 0.25) is 0 Å². The van der Waals surface area contributed by atoms with E-state index in [1.54, 1.807) is 17.0 Å². The predicted octanol–water partition coefficient (Wildman–Crippen LogP) is 3.04. The Balaban J connectivity index is 1.81. The number of carboxylic acid groups (broad SMARTS) is 1. The number of hydrogen-bond acceptors (Lipinski definition) is 2. The number of rotatable bonds is 4. The fourth-order valence-corrected chi connectivity index (χ4v) is 3.01. The van der Waals surface area contributed by atoms with Gasteiger partial charge in [-0.1, -0.05) is 29.3 Å². The molecule has 1 aromatic rings. The average molecular weight is 345 g/mol. The molecule has 0 aliphatic carbocycles. The molecule has 1 saturated heterocycles. The van der Waals surface area contributed by atoms with Crippen molar-refractivity contribution in [3.05, 3.63) is 33.8 Å². The van der Waals surface area contributed by atoms with Crippen molar-refractivity contribution < 1.29 is 14.7 Å². The summed E-state index contributed by atoms with van der Waals surface area (Å²) >= 11 is 11.9. The maximum atomic E-state index is 12.1. The monoisotopic (exact) mass is 344 g/mol. The molecule has 2 amide bonds. The molecule has 0 spiro atoms. The van der Waals surface area contributed by atoms with Gasteiger partial charge < -0.3 is 15.3 Å². The van der Waals surface area contributed by atoms with Crippen molar-refractivity contribution >= 4 is 35.2 Å². The second-order valence-corrected chi connectivity index (χ2v) is 6.18. The largest absolute Gasteiger partial charge is 0.481 e. The third kappa shape index (κ3) is 4.52. The molecule has 1 aliphatic heterocycles. The van der Waals surface area contributed by atoms with Gasteiger partial charge in [0, 0.05) is 29.7 Å². The van der Waals surface area contributed by atoms with Gasteiger partial charge in [0.15, 0.2) is 0 Å². The Morgan fingerprint density at radius 1 is 1.36 bits per heavy atom. The highest BCUT2D eigenvalue weighted by Crippen LogP contribution is 2.21. The number of carboxylic acids is 1. The van der Waals surface area contributed by atoms with Gasteiger partial charge in [-0.25, -0.2) is 4.79 Å². The van der Waals surface area contributed by atoms with Crippen molar-refractivity contribution in [1.82, 2.24) is 10.2 Å². The zero-order valence-electron chi connectivity index (χ0n) is 12.0. The number of urea groups is 1. The molecular weight excluding hydrogens is 327 g/mol. The molecule has 7 heteroatoms. The molecule has 1 fully saturated rings. The fourth-order valence-electron chi connectivity index (χ4n) is 2.50. The highest BCUT2D eigenvalue weighted by molar-refractivity contribution is 6.35. The minimum atomic E-state index is -0.842. The van der Waals surface area contributed by atoms with Crippen LogP contribution in [0.2, 0.25) is 10.0 Å². The van der Waals surface area contributed by atoms with E-state index in [1.165, 1.54) is 0 Å². The number of carbonyl (C=O) groups excluding carboxylic acids is 1. The fraction of sp³-hybridized carbons (Fsp3) is 0.467. The number of nitrogens with one attached hydrogen (secondary N) is 1. The highest BCUT2D eigenvalue weighted by atomic mass is 35.5. The van der Waals surface area contributed by atoms with Gasteiger partial charge in [0.05, 0.1) is 5.92 Å². The topological polar surface area (TPSA) is 69.6 Å². The third-order valence-electron chi connectivity index (χ3n) is 3.74. The van der Waals surface area contributed by atoms with Crippen LogP contribution in [0.3, 0.4) is 0 Å². The van der Waals surface area contributed by atoms with Crippen molar-refractivity contribution in [3.8, 4) is 0 Å². The molecule has 22 heavy (non-hydrogen) atoms. The first kappa shape index (κ1) is 16.9. The van der Waals surface area contributed by atoms with Crippen molar-refractivity contribution in [2.75, 3.05) is 19.6 Å². The van der Waals surface area contributed by atoms with Crippen LogP contribution in [0.4, 0.5) is 4.79 Å². The number of amides is 2. The lowest BCUT2D eigenvalue weighted by molar-refractivity contribution is -0.143. The first-order chi connectivity index (χ1) is 10.5. The van der Waals surface area contributed by atoms with Crippen LogP contribution in [0.1, 0.15) is 18.4 Å². The van der Waals surface area contributed by atoms with Crippen molar-refractivity contribution in [1.29, 1.82) is 0 Å². The van der Waals surface area contributed by atoms with Crippen LogP contribution in [-0.4, -0.2) is 41.6 Å². The highest BCUT2D eigenvalue weighted by Gasteiger charge is 2.27. The van der Waals surface area contributed by atoms with Gasteiger partial charge in [-0.3, -0.25) is 4.79 Å². The quantitative estimate of drug-likeness (QED) is 0.881. The van der Waals surface area contributed by atoms with E-state index in [0.29, 0.717) is 42.4 Å². The number of likely N-dealkylation sites (tertiary alicyclic amines) is 1. The van der Waals surface area contributed by atoms with Crippen LogP contribution < -0.4 is 5.32 Å². The molecule has 120 valence electrons. The molecule has 1 heterocycles. The van der Waals surface area contributed by atoms with Crippen LogP contribution in [0.25, 0.3) is 0 Å². The summed E-state index contributed by atoms with van der Waals surface area (Å²) in [6, 6.07) is 5.03. The van der Waals surface area contributed by atoms with Crippen LogP contribution in [0.15, 0.2) is 18.2 Å². The Morgan fingerprint density at radius 3 is 2.82 bits per heavy atom. The van der Waals surface area contributed by atoms with Gasteiger partial charge in [-0.2, -0.15) is 0 Å². The van der Waals surface area contributed by atoms with Crippen molar-refractivity contribution in [3.63, 3.8) is 0 Å². The van der Waals surface area contributed by atoms with Gasteiger partial charge >= 0.3 is 12.0 Å². The molecule has 1 atom stereocenters. The second kappa shape index (κ2) is 7.70. The summed E-state index contributed by atoms with van der Waals surface area (Å²) in [5, 5.41) is 13.0. The minimum Gasteiger partial charge on any atom is -0.481 e. The summed E-state index contributed by atoms with van der Waals surface area (Å²) in [5.41, 5.74) is 0.911. The lowest BCUT2D eigenvalue weighted by atomic mass is 9.99. The van der Waals surface area contributed by atoms with Crippen molar-refractivity contribution in [2.24, 2.45) is 5.92 Å². The van der Waals surface area contributed by atoms with Crippen LogP contribution >= 0.6 is 23.2 Å². The molecule has 5 nitrogen and oxygen atoms in total. The second-order valence-electron chi connectivity index (χ2n) is 5.34. The number of halogens is 2. The lowest BCUT2D eigenvalue weighted by Gasteiger charge is -2.30. The normalized spacial score (nSPS) is 18.1. The minimum absolute atomic E-state index is 0.226. The number of benzene rings is 1. The van der Waals surface area contributed by atoms with E-state index in [0.717, 1.165) is 5.56 Å². The summed E-state index contributed by atoms with van der Waals surface area (Å²) in [5.74, 6) is -1.31. The van der Waals surface area contributed by atoms with E-state index < -0.39 is 11.9 Å². The van der Waals surface area contributed by atoms with Crippen LogP contribution in [0.5, 0.6) is 0 Å². The molecule has 1 aliphatic rings. The zero-order valence-corrected chi connectivity index (χ0v) is 13.5. The Kier molecular flexibility index (Phi) is 5.91. The van der Waals surface area contributed by atoms with Crippen LogP contribution in [-0.2, 0) is 11.2 Å². The molecule has 0 bridgehead atoms. The van der Waals surface area contributed by atoms with Gasteiger partial charge in [-0.05, 0) is 37.0 Å². The third-order valence-corrected chi connectivity index (χ3v) is 4.33. The Bertz CT molecular complexity index is 566. The number of piperidine rings is 1. The molecule has 1 unspecified atom stereocenters. The molecule has 0 radical (unpaired) electrons. The SMILES string of the molecule is O=C(O)C1CCCN(C(=O)NCCc2ccc(Cl)cc2Cl)C1. The van der Waals surface area contributed by atoms with E-state index in [2.05, 4.69) is 5.32 Å². The zero-order chi connectivity index (χ0) is 16.1. The Labute approximate surface area is 139 Å². The maximum Gasteiger partial charge on any atom is 0.317 e. The summed E-state index contributed by atoms with van der Waals surface area (Å²) in [7, 11) is 0. The molecule has 0 saturated carbocycles. The number of carbonyl (C=O) groups is 2. The molecular formula is C15H18Cl2N2O3. The van der Waals surface area contributed by atoms with E-state index in [4.69, 9.17) is 28.3 Å². The summed E-state index contributed by atoms with van der Waals surface area (Å²) in [6.07, 6.45) is 1.94. The standard InChI is InChI=1S/C15H18Cl2N2O3/c16-12-4-3-10(13(17)8-12)5-6-18-15(22)19-7-1-2-11(9-19)14(20)21/h3-4,8,11H,1-2,5-7,9H2,(H,18,22)(H,20,21). The van der Waals surface area contributed by atoms with Gasteiger partial charge in [0.1, 0.15) is 0 Å². The first-order valence-corrected chi connectivity index (χ1v) is 7.92. The van der Waals surface area contributed by atoms with E-state index in [1.807, 2.05) is 6.07 Å².